The van der Waals surface area contributed by atoms with E-state index in [2.05, 4.69) is 16.0 Å². The fraction of sp³-hybridized carbons (Fsp3) is 0.538. The van der Waals surface area contributed by atoms with Crippen molar-refractivity contribution in [2.24, 2.45) is 0 Å². The van der Waals surface area contributed by atoms with Crippen LogP contribution < -0.4 is 16.0 Å². The van der Waals surface area contributed by atoms with Gasteiger partial charge in [0.2, 0.25) is 5.91 Å². The van der Waals surface area contributed by atoms with Gasteiger partial charge in [-0.25, -0.2) is 4.79 Å². The average molecular weight is 283 g/mol. The van der Waals surface area contributed by atoms with E-state index in [-0.39, 0.29) is 11.9 Å². The minimum Gasteiger partial charge on any atom is -0.354 e. The van der Waals surface area contributed by atoms with Gasteiger partial charge in [0.05, 0.1) is 0 Å². The van der Waals surface area contributed by atoms with Crippen LogP contribution in [0, 0.1) is 0 Å². The third-order valence-electron chi connectivity index (χ3n) is 2.53. The molecule has 0 saturated carbocycles. The van der Waals surface area contributed by atoms with Crippen LogP contribution in [-0.2, 0) is 11.2 Å². The smallest absolute Gasteiger partial charge is 0.315 e. The summed E-state index contributed by atoms with van der Waals surface area (Å²) in [7, 11) is 0. The number of carbonyl (C=O) groups excluding carboxylic acids is 2. The van der Waals surface area contributed by atoms with E-state index in [1.165, 1.54) is 4.88 Å². The van der Waals surface area contributed by atoms with Gasteiger partial charge >= 0.3 is 6.03 Å². The molecule has 5 nitrogen and oxygen atoms in total. The Morgan fingerprint density at radius 2 is 2.11 bits per heavy atom. The fourth-order valence-corrected chi connectivity index (χ4v) is 2.18. The summed E-state index contributed by atoms with van der Waals surface area (Å²) in [5, 5.41) is 10.1. The summed E-state index contributed by atoms with van der Waals surface area (Å²) in [5.41, 5.74) is 0. The minimum absolute atomic E-state index is 0.157. The minimum atomic E-state index is -0.520. The van der Waals surface area contributed by atoms with E-state index in [1.807, 2.05) is 24.4 Å². The molecule has 1 aromatic rings. The zero-order chi connectivity index (χ0) is 14.1. The molecule has 19 heavy (non-hydrogen) atoms. The summed E-state index contributed by atoms with van der Waals surface area (Å²) < 4.78 is 0. The molecule has 1 unspecified atom stereocenters. The summed E-state index contributed by atoms with van der Waals surface area (Å²) >= 11 is 1.67. The molecule has 1 atom stereocenters. The molecule has 0 aliphatic heterocycles. The van der Waals surface area contributed by atoms with Crippen molar-refractivity contribution in [2.45, 2.75) is 32.7 Å². The zero-order valence-electron chi connectivity index (χ0n) is 11.4. The molecule has 0 aliphatic rings. The maximum atomic E-state index is 11.6. The Balaban J connectivity index is 2.17. The first-order valence-corrected chi connectivity index (χ1v) is 7.36. The Morgan fingerprint density at radius 3 is 2.74 bits per heavy atom. The third kappa shape index (κ3) is 6.24. The van der Waals surface area contributed by atoms with Crippen LogP contribution in [0.15, 0.2) is 17.5 Å². The highest BCUT2D eigenvalue weighted by Crippen LogP contribution is 2.07. The van der Waals surface area contributed by atoms with E-state index in [9.17, 15) is 9.59 Å². The highest BCUT2D eigenvalue weighted by molar-refractivity contribution is 7.09. The highest BCUT2D eigenvalue weighted by atomic mass is 32.1. The van der Waals surface area contributed by atoms with Crippen molar-refractivity contribution in [3.05, 3.63) is 22.4 Å². The van der Waals surface area contributed by atoms with Crippen molar-refractivity contribution < 1.29 is 9.59 Å². The second-order valence-corrected chi connectivity index (χ2v) is 5.27. The lowest BCUT2D eigenvalue weighted by Crippen LogP contribution is -2.48. The largest absolute Gasteiger partial charge is 0.354 e. The number of thiophene rings is 1. The number of carbonyl (C=O) groups is 2. The van der Waals surface area contributed by atoms with Crippen LogP contribution in [-0.4, -0.2) is 31.1 Å². The summed E-state index contributed by atoms with van der Waals surface area (Å²) in [4.78, 5) is 24.3. The van der Waals surface area contributed by atoms with Gasteiger partial charge in [-0.1, -0.05) is 13.0 Å². The molecule has 3 amide bonds. The van der Waals surface area contributed by atoms with Crippen LogP contribution in [0.2, 0.25) is 0 Å². The fourth-order valence-electron chi connectivity index (χ4n) is 1.47. The Morgan fingerprint density at radius 1 is 1.32 bits per heavy atom. The molecular formula is C13H21N3O2S. The van der Waals surface area contributed by atoms with Gasteiger partial charge in [-0.15, -0.1) is 11.3 Å². The molecule has 1 heterocycles. The normalized spacial score (nSPS) is 11.7. The lowest BCUT2D eigenvalue weighted by Gasteiger charge is -2.14. The van der Waals surface area contributed by atoms with E-state index in [4.69, 9.17) is 0 Å². The van der Waals surface area contributed by atoms with E-state index in [1.54, 1.807) is 18.3 Å². The predicted molar refractivity (Wildman–Crippen MR) is 77.3 cm³/mol. The van der Waals surface area contributed by atoms with Crippen molar-refractivity contribution in [2.75, 3.05) is 13.1 Å². The molecule has 0 saturated heterocycles. The predicted octanol–water partition coefficient (Wildman–Crippen LogP) is 1.50. The second-order valence-electron chi connectivity index (χ2n) is 4.24. The van der Waals surface area contributed by atoms with Gasteiger partial charge in [-0.2, -0.15) is 0 Å². The summed E-state index contributed by atoms with van der Waals surface area (Å²) in [6, 6.07) is 3.19. The van der Waals surface area contributed by atoms with Crippen LogP contribution >= 0.6 is 11.3 Å². The average Bonchev–Trinajstić information content (AvgIpc) is 2.88. The second kappa shape index (κ2) is 8.53. The standard InChI is InChI=1S/C13H21N3O2S/c1-3-7-14-12(17)10(2)16-13(18)15-8-6-11-5-4-9-19-11/h4-5,9-10H,3,6-8H2,1-2H3,(H,14,17)(H2,15,16,18). The Labute approximate surface area is 117 Å². The Bertz CT molecular complexity index is 393. The summed E-state index contributed by atoms with van der Waals surface area (Å²) in [6.45, 7) is 4.85. The number of urea groups is 1. The highest BCUT2D eigenvalue weighted by Gasteiger charge is 2.14. The molecule has 6 heteroatoms. The first kappa shape index (κ1) is 15.5. The SMILES string of the molecule is CCCNC(=O)C(C)NC(=O)NCCc1cccs1. The van der Waals surface area contributed by atoms with Crippen molar-refractivity contribution >= 4 is 23.3 Å². The molecule has 3 N–H and O–H groups in total. The zero-order valence-corrected chi connectivity index (χ0v) is 12.2. The molecule has 0 aliphatic carbocycles. The molecule has 1 rings (SSSR count). The monoisotopic (exact) mass is 283 g/mol. The van der Waals surface area contributed by atoms with Crippen LogP contribution in [0.1, 0.15) is 25.1 Å². The van der Waals surface area contributed by atoms with Crippen molar-refractivity contribution in [3.63, 3.8) is 0 Å². The van der Waals surface area contributed by atoms with Crippen molar-refractivity contribution in [3.8, 4) is 0 Å². The molecular weight excluding hydrogens is 262 g/mol. The van der Waals surface area contributed by atoms with Gasteiger partial charge in [0.25, 0.3) is 0 Å². The molecule has 0 fully saturated rings. The Kier molecular flexibility index (Phi) is 6.95. The van der Waals surface area contributed by atoms with E-state index in [0.29, 0.717) is 13.1 Å². The number of amides is 3. The van der Waals surface area contributed by atoms with Crippen molar-refractivity contribution in [1.29, 1.82) is 0 Å². The van der Waals surface area contributed by atoms with Crippen LogP contribution in [0.4, 0.5) is 4.79 Å². The summed E-state index contributed by atoms with van der Waals surface area (Å²) in [5.74, 6) is -0.157. The molecule has 106 valence electrons. The first-order chi connectivity index (χ1) is 9.13. The molecule has 1 aromatic heterocycles. The van der Waals surface area contributed by atoms with Gasteiger partial charge < -0.3 is 16.0 Å². The van der Waals surface area contributed by atoms with E-state index < -0.39 is 6.04 Å². The van der Waals surface area contributed by atoms with Crippen LogP contribution in [0.3, 0.4) is 0 Å². The molecule has 0 bridgehead atoms. The lowest BCUT2D eigenvalue weighted by atomic mass is 10.3. The van der Waals surface area contributed by atoms with E-state index in [0.717, 1.165) is 12.8 Å². The molecule has 0 aromatic carbocycles. The number of rotatable bonds is 7. The first-order valence-electron chi connectivity index (χ1n) is 6.48. The number of hydrogen-bond acceptors (Lipinski definition) is 3. The van der Waals surface area contributed by atoms with Gasteiger partial charge in [0.15, 0.2) is 0 Å². The van der Waals surface area contributed by atoms with Crippen LogP contribution in [0.25, 0.3) is 0 Å². The van der Waals surface area contributed by atoms with Gasteiger partial charge in [0, 0.05) is 18.0 Å². The van der Waals surface area contributed by atoms with E-state index >= 15 is 0 Å². The van der Waals surface area contributed by atoms with Crippen molar-refractivity contribution in [1.82, 2.24) is 16.0 Å². The maximum absolute atomic E-state index is 11.6. The lowest BCUT2D eigenvalue weighted by molar-refractivity contribution is -0.122. The van der Waals surface area contributed by atoms with Gasteiger partial charge in [-0.05, 0) is 31.2 Å². The third-order valence-corrected chi connectivity index (χ3v) is 3.46. The maximum Gasteiger partial charge on any atom is 0.315 e. The summed E-state index contributed by atoms with van der Waals surface area (Å²) in [6.07, 6.45) is 1.69. The topological polar surface area (TPSA) is 70.2 Å². The van der Waals surface area contributed by atoms with Crippen LogP contribution in [0.5, 0.6) is 0 Å². The number of nitrogens with one attached hydrogen (secondary N) is 3. The molecule has 0 spiro atoms. The Hall–Kier alpha value is -1.56. The number of hydrogen-bond donors (Lipinski definition) is 3. The van der Waals surface area contributed by atoms with Gasteiger partial charge in [-0.3, -0.25) is 4.79 Å². The quantitative estimate of drug-likeness (QED) is 0.710. The molecule has 0 radical (unpaired) electrons. The van der Waals surface area contributed by atoms with Gasteiger partial charge in [0.1, 0.15) is 6.04 Å².